The zero-order valence-electron chi connectivity index (χ0n) is 9.84. The molecule has 1 aromatic carbocycles. The van der Waals surface area contributed by atoms with Crippen molar-refractivity contribution in [3.05, 3.63) is 56.8 Å². The fourth-order valence-corrected chi connectivity index (χ4v) is 3.63. The first-order chi connectivity index (χ1) is 9.15. The van der Waals surface area contributed by atoms with Gasteiger partial charge < -0.3 is 9.67 Å². The maximum Gasteiger partial charge on any atom is 0.337 e. The lowest BCUT2D eigenvalue weighted by Gasteiger charge is -2.02. The third-order valence-corrected chi connectivity index (χ3v) is 4.58. The average molecular weight is 336 g/mol. The molecule has 0 aliphatic rings. The van der Waals surface area contributed by atoms with Crippen molar-refractivity contribution in [2.24, 2.45) is 0 Å². The highest BCUT2D eigenvalue weighted by molar-refractivity contribution is 9.11. The number of benzene rings is 1. The molecule has 0 saturated carbocycles. The fraction of sp³-hybridized carbons (Fsp3) is 0.0714. The molecule has 0 atom stereocenters. The molecule has 0 unspecified atom stereocenters. The van der Waals surface area contributed by atoms with Gasteiger partial charge in [0.1, 0.15) is 0 Å². The fourth-order valence-electron chi connectivity index (χ4n) is 2.15. The summed E-state index contributed by atoms with van der Waals surface area (Å²) in [5.41, 5.74) is 1.30. The summed E-state index contributed by atoms with van der Waals surface area (Å²) in [7, 11) is 0. The van der Waals surface area contributed by atoms with Gasteiger partial charge in [-0.25, -0.2) is 4.79 Å². The van der Waals surface area contributed by atoms with Crippen molar-refractivity contribution in [2.75, 3.05) is 0 Å². The summed E-state index contributed by atoms with van der Waals surface area (Å²) in [5, 5.41) is 10.0. The van der Waals surface area contributed by atoms with Gasteiger partial charge in [0.2, 0.25) is 0 Å². The number of carboxylic acid groups (broad SMARTS) is 1. The third-order valence-electron chi connectivity index (χ3n) is 2.97. The average Bonchev–Trinajstić information content (AvgIpc) is 2.95. The van der Waals surface area contributed by atoms with Crippen molar-refractivity contribution >= 4 is 44.1 Å². The summed E-state index contributed by atoms with van der Waals surface area (Å²) >= 11 is 5.10. The highest BCUT2D eigenvalue weighted by Gasteiger charge is 2.13. The zero-order valence-corrected chi connectivity index (χ0v) is 12.2. The Morgan fingerprint density at radius 1 is 1.26 bits per heavy atom. The Morgan fingerprint density at radius 3 is 2.74 bits per heavy atom. The molecule has 0 bridgehead atoms. The van der Waals surface area contributed by atoms with Crippen LogP contribution in [-0.2, 0) is 6.54 Å². The summed E-state index contributed by atoms with van der Waals surface area (Å²) in [6.07, 6.45) is 1.71. The minimum atomic E-state index is -0.887. The molecular weight excluding hydrogens is 326 g/mol. The summed E-state index contributed by atoms with van der Waals surface area (Å²) in [6, 6.07) is 11.6. The van der Waals surface area contributed by atoms with Crippen LogP contribution in [-0.4, -0.2) is 15.6 Å². The van der Waals surface area contributed by atoms with Crippen LogP contribution in [0.25, 0.3) is 10.9 Å². The second-order valence-corrected chi connectivity index (χ2v) is 6.75. The molecule has 0 radical (unpaired) electrons. The quantitative estimate of drug-likeness (QED) is 0.778. The highest BCUT2D eigenvalue weighted by Crippen LogP contribution is 2.26. The lowest BCUT2D eigenvalue weighted by molar-refractivity contribution is 0.0699. The van der Waals surface area contributed by atoms with Crippen molar-refractivity contribution in [1.82, 2.24) is 4.57 Å². The molecule has 3 aromatic rings. The van der Waals surface area contributed by atoms with Gasteiger partial charge in [-0.05, 0) is 34.1 Å². The van der Waals surface area contributed by atoms with Gasteiger partial charge in [0.05, 0.1) is 15.9 Å². The SMILES string of the molecule is O=C(O)c1cn(Cc2ccc(Br)s2)c2ccccc12. The molecule has 3 rings (SSSR count). The number of carboxylic acids is 1. The van der Waals surface area contributed by atoms with E-state index in [9.17, 15) is 9.90 Å². The van der Waals surface area contributed by atoms with E-state index in [0.717, 1.165) is 14.7 Å². The predicted molar refractivity (Wildman–Crippen MR) is 80.0 cm³/mol. The number of para-hydroxylation sites is 1. The van der Waals surface area contributed by atoms with Crippen molar-refractivity contribution in [2.45, 2.75) is 6.54 Å². The zero-order chi connectivity index (χ0) is 13.4. The van der Waals surface area contributed by atoms with Crippen LogP contribution in [0, 0.1) is 0 Å². The van der Waals surface area contributed by atoms with Crippen molar-refractivity contribution in [1.29, 1.82) is 0 Å². The first-order valence-corrected chi connectivity index (χ1v) is 7.31. The third kappa shape index (κ3) is 2.31. The molecule has 0 spiro atoms. The van der Waals surface area contributed by atoms with Gasteiger partial charge in [0.15, 0.2) is 0 Å². The molecule has 0 amide bonds. The molecule has 0 aliphatic carbocycles. The van der Waals surface area contributed by atoms with Crippen LogP contribution in [0.5, 0.6) is 0 Å². The summed E-state index contributed by atoms with van der Waals surface area (Å²) in [4.78, 5) is 12.5. The molecule has 5 heteroatoms. The lowest BCUT2D eigenvalue weighted by atomic mass is 10.2. The van der Waals surface area contributed by atoms with Crippen LogP contribution in [0.1, 0.15) is 15.2 Å². The number of hydrogen-bond donors (Lipinski definition) is 1. The lowest BCUT2D eigenvalue weighted by Crippen LogP contribution is -1.97. The number of nitrogens with zero attached hydrogens (tertiary/aromatic N) is 1. The van der Waals surface area contributed by atoms with Crippen LogP contribution >= 0.6 is 27.3 Å². The Balaban J connectivity index is 2.11. The Kier molecular flexibility index (Phi) is 3.16. The number of hydrogen-bond acceptors (Lipinski definition) is 2. The second kappa shape index (κ2) is 4.83. The van der Waals surface area contributed by atoms with Crippen LogP contribution in [0.4, 0.5) is 0 Å². The van der Waals surface area contributed by atoms with E-state index in [1.165, 1.54) is 4.88 Å². The molecule has 2 heterocycles. The number of halogens is 1. The van der Waals surface area contributed by atoms with Crippen molar-refractivity contribution in [3.8, 4) is 0 Å². The second-order valence-electron chi connectivity index (χ2n) is 4.20. The number of aromatic carboxylic acids is 1. The van der Waals surface area contributed by atoms with E-state index in [2.05, 4.69) is 15.9 Å². The molecule has 0 fully saturated rings. The maximum atomic E-state index is 11.3. The number of aromatic nitrogens is 1. The van der Waals surface area contributed by atoms with E-state index in [-0.39, 0.29) is 0 Å². The van der Waals surface area contributed by atoms with E-state index in [1.54, 1.807) is 17.5 Å². The normalized spacial score (nSPS) is 11.0. The van der Waals surface area contributed by atoms with Gasteiger partial charge in [-0.15, -0.1) is 11.3 Å². The van der Waals surface area contributed by atoms with Gasteiger partial charge in [-0.3, -0.25) is 0 Å². The first kappa shape index (κ1) is 12.4. The van der Waals surface area contributed by atoms with E-state index in [4.69, 9.17) is 0 Å². The van der Waals surface area contributed by atoms with E-state index in [0.29, 0.717) is 12.1 Å². The first-order valence-electron chi connectivity index (χ1n) is 5.70. The van der Waals surface area contributed by atoms with E-state index in [1.807, 2.05) is 41.0 Å². The standard InChI is InChI=1S/C14H10BrNO2S/c15-13-6-5-9(19-13)7-16-8-11(14(17)18)10-3-1-2-4-12(10)16/h1-6,8H,7H2,(H,17,18). The van der Waals surface area contributed by atoms with Gasteiger partial charge in [0, 0.05) is 22.0 Å². The molecule has 96 valence electrons. The Labute approximate surface area is 122 Å². The monoisotopic (exact) mass is 335 g/mol. The molecule has 3 nitrogen and oxygen atoms in total. The Morgan fingerprint density at radius 2 is 2.05 bits per heavy atom. The summed E-state index contributed by atoms with van der Waals surface area (Å²) < 4.78 is 3.06. The van der Waals surface area contributed by atoms with Crippen LogP contribution in [0.15, 0.2) is 46.4 Å². The maximum absolute atomic E-state index is 11.3. The Bertz CT molecular complexity index is 760. The Hall–Kier alpha value is -1.59. The van der Waals surface area contributed by atoms with Crippen molar-refractivity contribution in [3.63, 3.8) is 0 Å². The number of fused-ring (bicyclic) bond motifs is 1. The molecule has 1 N–H and O–H groups in total. The highest BCUT2D eigenvalue weighted by atomic mass is 79.9. The minimum Gasteiger partial charge on any atom is -0.478 e. The topological polar surface area (TPSA) is 42.2 Å². The molecule has 2 aromatic heterocycles. The number of rotatable bonds is 3. The summed E-state index contributed by atoms with van der Waals surface area (Å²) in [6.45, 7) is 0.685. The number of thiophene rings is 1. The van der Waals surface area contributed by atoms with E-state index >= 15 is 0 Å². The van der Waals surface area contributed by atoms with Crippen LogP contribution in [0.3, 0.4) is 0 Å². The molecule has 0 aliphatic heterocycles. The largest absolute Gasteiger partial charge is 0.478 e. The predicted octanol–water partition coefficient (Wildman–Crippen LogP) is 4.21. The van der Waals surface area contributed by atoms with Crippen molar-refractivity contribution < 1.29 is 9.90 Å². The van der Waals surface area contributed by atoms with Gasteiger partial charge >= 0.3 is 5.97 Å². The van der Waals surface area contributed by atoms with Gasteiger partial charge in [-0.2, -0.15) is 0 Å². The van der Waals surface area contributed by atoms with Gasteiger partial charge in [-0.1, -0.05) is 18.2 Å². The van der Waals surface area contributed by atoms with Crippen LogP contribution in [0.2, 0.25) is 0 Å². The minimum absolute atomic E-state index is 0.353. The number of carbonyl (C=O) groups is 1. The molecule has 19 heavy (non-hydrogen) atoms. The van der Waals surface area contributed by atoms with Gasteiger partial charge in [0.25, 0.3) is 0 Å². The summed E-state index contributed by atoms with van der Waals surface area (Å²) in [5.74, 6) is -0.887. The molecule has 0 saturated heterocycles. The smallest absolute Gasteiger partial charge is 0.337 e. The van der Waals surface area contributed by atoms with E-state index < -0.39 is 5.97 Å². The molecular formula is C14H10BrNO2S. The van der Waals surface area contributed by atoms with Crippen LogP contribution < -0.4 is 0 Å².